The maximum absolute atomic E-state index is 13.6. The van der Waals surface area contributed by atoms with Gasteiger partial charge in [0.25, 0.3) is 0 Å². The van der Waals surface area contributed by atoms with Crippen molar-refractivity contribution in [3.63, 3.8) is 0 Å². The summed E-state index contributed by atoms with van der Waals surface area (Å²) >= 11 is 9.30. The van der Waals surface area contributed by atoms with Crippen molar-refractivity contribution in [2.45, 2.75) is 19.5 Å². The van der Waals surface area contributed by atoms with E-state index < -0.39 is 0 Å². The number of hydrogen-bond acceptors (Lipinski definition) is 1. The van der Waals surface area contributed by atoms with Gasteiger partial charge in [-0.3, -0.25) is 0 Å². The standard InChI is InChI=1S/C15H14BrClFN/c1-10(11-3-2-4-14(17)8-11)19-9-12-7-13(16)5-6-15(12)18/h2-8,10,19H,9H2,1H3/t10-/m0/s1. The molecule has 0 aliphatic carbocycles. The van der Waals surface area contributed by atoms with Crippen LogP contribution in [0.15, 0.2) is 46.9 Å². The third-order valence-electron chi connectivity index (χ3n) is 2.96. The molecule has 0 amide bonds. The largest absolute Gasteiger partial charge is 0.306 e. The van der Waals surface area contributed by atoms with E-state index in [1.54, 1.807) is 12.1 Å². The Labute approximate surface area is 125 Å². The maximum atomic E-state index is 13.6. The normalized spacial score (nSPS) is 12.4. The molecule has 0 heterocycles. The van der Waals surface area contributed by atoms with Gasteiger partial charge in [-0.2, -0.15) is 0 Å². The Morgan fingerprint density at radius 1 is 1.26 bits per heavy atom. The van der Waals surface area contributed by atoms with E-state index in [-0.39, 0.29) is 11.9 Å². The highest BCUT2D eigenvalue weighted by atomic mass is 79.9. The first-order valence-corrected chi connectivity index (χ1v) is 7.16. The molecule has 1 nitrogen and oxygen atoms in total. The molecule has 2 aromatic rings. The van der Waals surface area contributed by atoms with Crippen LogP contribution in [0.3, 0.4) is 0 Å². The van der Waals surface area contributed by atoms with Gasteiger partial charge in [0.05, 0.1) is 0 Å². The van der Waals surface area contributed by atoms with E-state index in [9.17, 15) is 4.39 Å². The molecular formula is C15H14BrClFN. The summed E-state index contributed by atoms with van der Waals surface area (Å²) in [7, 11) is 0. The lowest BCUT2D eigenvalue weighted by atomic mass is 10.1. The number of halogens is 3. The van der Waals surface area contributed by atoms with E-state index in [0.29, 0.717) is 17.1 Å². The summed E-state index contributed by atoms with van der Waals surface area (Å²) in [6.07, 6.45) is 0. The molecule has 0 bridgehead atoms. The van der Waals surface area contributed by atoms with Crippen LogP contribution in [0, 0.1) is 5.82 Å². The first-order chi connectivity index (χ1) is 9.06. The number of nitrogens with one attached hydrogen (secondary N) is 1. The van der Waals surface area contributed by atoms with Gasteiger partial charge in [-0.1, -0.05) is 39.7 Å². The third kappa shape index (κ3) is 4.03. The SMILES string of the molecule is C[C@H](NCc1cc(Br)ccc1F)c1cccc(Cl)c1. The molecule has 0 aliphatic rings. The van der Waals surface area contributed by atoms with Crippen molar-refractivity contribution in [1.82, 2.24) is 5.32 Å². The number of rotatable bonds is 4. The van der Waals surface area contributed by atoms with Crippen LogP contribution in [0.25, 0.3) is 0 Å². The third-order valence-corrected chi connectivity index (χ3v) is 3.68. The smallest absolute Gasteiger partial charge is 0.127 e. The second-order valence-electron chi connectivity index (χ2n) is 4.39. The molecule has 0 unspecified atom stereocenters. The zero-order valence-electron chi connectivity index (χ0n) is 10.5. The molecule has 19 heavy (non-hydrogen) atoms. The summed E-state index contributed by atoms with van der Waals surface area (Å²) in [5.41, 5.74) is 1.73. The van der Waals surface area contributed by atoms with Crippen molar-refractivity contribution < 1.29 is 4.39 Å². The van der Waals surface area contributed by atoms with Gasteiger partial charge in [-0.15, -0.1) is 0 Å². The fraction of sp³-hybridized carbons (Fsp3) is 0.200. The van der Waals surface area contributed by atoms with Crippen molar-refractivity contribution in [1.29, 1.82) is 0 Å². The van der Waals surface area contributed by atoms with E-state index in [4.69, 9.17) is 11.6 Å². The lowest BCUT2D eigenvalue weighted by molar-refractivity contribution is 0.544. The fourth-order valence-corrected chi connectivity index (χ4v) is 2.44. The summed E-state index contributed by atoms with van der Waals surface area (Å²) in [6, 6.07) is 12.7. The summed E-state index contributed by atoms with van der Waals surface area (Å²) in [6.45, 7) is 2.50. The molecule has 1 atom stereocenters. The quantitative estimate of drug-likeness (QED) is 0.816. The Morgan fingerprint density at radius 2 is 2.05 bits per heavy atom. The second-order valence-corrected chi connectivity index (χ2v) is 5.75. The van der Waals surface area contributed by atoms with E-state index in [1.165, 1.54) is 6.07 Å². The Kier molecular flexibility index (Phi) is 4.97. The molecule has 1 N–H and O–H groups in total. The molecule has 0 radical (unpaired) electrons. The average Bonchev–Trinajstić information content (AvgIpc) is 2.39. The summed E-state index contributed by atoms with van der Waals surface area (Å²) in [5, 5.41) is 4.00. The Bertz CT molecular complexity index is 574. The minimum absolute atomic E-state index is 0.108. The topological polar surface area (TPSA) is 12.0 Å². The number of benzene rings is 2. The monoisotopic (exact) mass is 341 g/mol. The van der Waals surface area contributed by atoms with Crippen LogP contribution in [0.1, 0.15) is 24.1 Å². The van der Waals surface area contributed by atoms with Crippen molar-refractivity contribution in [2.75, 3.05) is 0 Å². The molecule has 4 heteroatoms. The van der Waals surface area contributed by atoms with Crippen molar-refractivity contribution >= 4 is 27.5 Å². The van der Waals surface area contributed by atoms with Gasteiger partial charge in [-0.05, 0) is 42.8 Å². The highest BCUT2D eigenvalue weighted by Crippen LogP contribution is 2.19. The van der Waals surface area contributed by atoms with E-state index >= 15 is 0 Å². The van der Waals surface area contributed by atoms with Crippen LogP contribution in [-0.2, 0) is 6.54 Å². The van der Waals surface area contributed by atoms with Gasteiger partial charge >= 0.3 is 0 Å². The fourth-order valence-electron chi connectivity index (χ4n) is 1.84. The molecule has 0 saturated heterocycles. The van der Waals surface area contributed by atoms with Crippen LogP contribution < -0.4 is 5.32 Å². The van der Waals surface area contributed by atoms with Crippen LogP contribution in [0.2, 0.25) is 5.02 Å². The first-order valence-electron chi connectivity index (χ1n) is 5.99. The van der Waals surface area contributed by atoms with Gasteiger partial charge in [-0.25, -0.2) is 4.39 Å². The second kappa shape index (κ2) is 6.51. The van der Waals surface area contributed by atoms with E-state index in [2.05, 4.69) is 21.2 Å². The molecule has 0 spiro atoms. The minimum atomic E-state index is -0.200. The molecule has 0 saturated carbocycles. The minimum Gasteiger partial charge on any atom is -0.306 e. The Balaban J connectivity index is 2.04. The first kappa shape index (κ1) is 14.5. The summed E-state index contributed by atoms with van der Waals surface area (Å²) in [5.74, 6) is -0.200. The zero-order valence-corrected chi connectivity index (χ0v) is 12.8. The van der Waals surface area contributed by atoms with Gasteiger partial charge in [0.2, 0.25) is 0 Å². The van der Waals surface area contributed by atoms with Crippen molar-refractivity contribution in [3.05, 3.63) is 68.9 Å². The van der Waals surface area contributed by atoms with Crippen molar-refractivity contribution in [3.8, 4) is 0 Å². The molecule has 0 aromatic heterocycles. The number of hydrogen-bond donors (Lipinski definition) is 1. The molecule has 0 aliphatic heterocycles. The summed E-state index contributed by atoms with van der Waals surface area (Å²) < 4.78 is 14.5. The average molecular weight is 343 g/mol. The van der Waals surface area contributed by atoms with Crippen LogP contribution in [0.5, 0.6) is 0 Å². The van der Waals surface area contributed by atoms with E-state index in [1.807, 2.05) is 31.2 Å². The van der Waals surface area contributed by atoms with Gasteiger partial charge < -0.3 is 5.32 Å². The van der Waals surface area contributed by atoms with Gasteiger partial charge in [0.1, 0.15) is 5.82 Å². The molecule has 2 aromatic carbocycles. The van der Waals surface area contributed by atoms with Crippen LogP contribution in [-0.4, -0.2) is 0 Å². The Morgan fingerprint density at radius 3 is 2.79 bits per heavy atom. The van der Waals surface area contributed by atoms with Gasteiger partial charge in [0.15, 0.2) is 0 Å². The van der Waals surface area contributed by atoms with E-state index in [0.717, 1.165) is 10.0 Å². The van der Waals surface area contributed by atoms with Crippen molar-refractivity contribution in [2.24, 2.45) is 0 Å². The molecule has 100 valence electrons. The predicted molar refractivity (Wildman–Crippen MR) is 80.8 cm³/mol. The summed E-state index contributed by atoms with van der Waals surface area (Å²) in [4.78, 5) is 0. The maximum Gasteiger partial charge on any atom is 0.127 e. The Hall–Kier alpha value is -0.900. The highest BCUT2D eigenvalue weighted by Gasteiger charge is 2.08. The molecule has 0 fully saturated rings. The highest BCUT2D eigenvalue weighted by molar-refractivity contribution is 9.10. The van der Waals surface area contributed by atoms with Crippen LogP contribution in [0.4, 0.5) is 4.39 Å². The van der Waals surface area contributed by atoms with Gasteiger partial charge in [0, 0.05) is 27.6 Å². The lowest BCUT2D eigenvalue weighted by Gasteiger charge is -2.15. The predicted octanol–water partition coefficient (Wildman–Crippen LogP) is 5.09. The van der Waals surface area contributed by atoms with Crippen LogP contribution >= 0.6 is 27.5 Å². The molecular weight excluding hydrogens is 329 g/mol. The lowest BCUT2D eigenvalue weighted by Crippen LogP contribution is -2.18. The zero-order chi connectivity index (χ0) is 13.8. The molecule has 2 rings (SSSR count).